The van der Waals surface area contributed by atoms with Crippen molar-refractivity contribution in [3.63, 3.8) is 0 Å². The van der Waals surface area contributed by atoms with Crippen molar-refractivity contribution in [2.24, 2.45) is 5.41 Å². The molecule has 0 aromatic heterocycles. The summed E-state index contributed by atoms with van der Waals surface area (Å²) in [6, 6.07) is 9.82. The third-order valence-electron chi connectivity index (χ3n) is 5.57. The van der Waals surface area contributed by atoms with E-state index in [0.717, 1.165) is 6.54 Å². The fraction of sp³-hybridized carbons (Fsp3) is 0.684. The third-order valence-corrected chi connectivity index (χ3v) is 5.57. The first-order chi connectivity index (χ1) is 9.54. The second-order valence-corrected chi connectivity index (χ2v) is 7.75. The Morgan fingerprint density at radius 2 is 1.85 bits per heavy atom. The van der Waals surface area contributed by atoms with Gasteiger partial charge in [0.05, 0.1) is 0 Å². The largest absolute Gasteiger partial charge is 0.314 e. The first-order valence-electron chi connectivity index (χ1n) is 8.34. The highest BCUT2D eigenvalue weighted by Gasteiger charge is 2.55. The molecule has 1 heteroatoms. The van der Waals surface area contributed by atoms with Gasteiger partial charge in [-0.15, -0.1) is 0 Å². The molecule has 0 bridgehead atoms. The smallest absolute Gasteiger partial charge is 0.00885 e. The molecule has 110 valence electrons. The van der Waals surface area contributed by atoms with Crippen LogP contribution in [0.1, 0.15) is 63.5 Å². The van der Waals surface area contributed by atoms with Crippen LogP contribution in [0.15, 0.2) is 24.3 Å². The molecule has 1 nitrogen and oxygen atoms in total. The normalized spacial score (nSPS) is 23.2. The van der Waals surface area contributed by atoms with Crippen LogP contribution in [0.25, 0.3) is 0 Å². The maximum atomic E-state index is 3.71. The lowest BCUT2D eigenvalue weighted by Gasteiger charge is -2.56. The molecule has 0 amide bonds. The van der Waals surface area contributed by atoms with Crippen LogP contribution in [0.3, 0.4) is 0 Å². The molecule has 0 atom stereocenters. The quantitative estimate of drug-likeness (QED) is 0.845. The van der Waals surface area contributed by atoms with Crippen molar-refractivity contribution in [3.8, 4) is 0 Å². The monoisotopic (exact) mass is 271 g/mol. The standard InChI is InChI=1S/C19H29N/c1-15(2)20-14-19(17-8-6-7-16(3)11-17)12-18(13-19)9-4-5-10-18/h6-8,11,15,20H,4-5,9-10,12-14H2,1-3H3. The van der Waals surface area contributed by atoms with E-state index in [-0.39, 0.29) is 0 Å². The molecule has 0 saturated heterocycles. The molecule has 1 aromatic carbocycles. The zero-order valence-electron chi connectivity index (χ0n) is 13.3. The molecule has 1 aromatic rings. The lowest BCUT2D eigenvalue weighted by molar-refractivity contribution is 0.0257. The van der Waals surface area contributed by atoms with Crippen molar-refractivity contribution in [3.05, 3.63) is 35.4 Å². The van der Waals surface area contributed by atoms with Crippen LogP contribution in [-0.4, -0.2) is 12.6 Å². The Labute approximate surface area is 124 Å². The van der Waals surface area contributed by atoms with Crippen LogP contribution < -0.4 is 5.32 Å². The molecule has 0 radical (unpaired) electrons. The zero-order chi connectivity index (χ0) is 14.2. The van der Waals surface area contributed by atoms with Crippen LogP contribution >= 0.6 is 0 Å². The first-order valence-corrected chi connectivity index (χ1v) is 8.34. The molecule has 3 rings (SSSR count). The van der Waals surface area contributed by atoms with Crippen molar-refractivity contribution in [1.29, 1.82) is 0 Å². The van der Waals surface area contributed by atoms with Crippen LogP contribution in [0, 0.1) is 12.3 Å². The molecule has 2 fully saturated rings. The minimum absolute atomic E-state index is 0.403. The van der Waals surface area contributed by atoms with Crippen molar-refractivity contribution >= 4 is 0 Å². The summed E-state index contributed by atoms with van der Waals surface area (Å²) in [5.41, 5.74) is 4.07. The van der Waals surface area contributed by atoms with E-state index in [0.29, 0.717) is 16.9 Å². The van der Waals surface area contributed by atoms with Gasteiger partial charge in [-0.2, -0.15) is 0 Å². The van der Waals surface area contributed by atoms with Gasteiger partial charge in [0.1, 0.15) is 0 Å². The summed E-state index contributed by atoms with van der Waals surface area (Å²) in [5.74, 6) is 0. The molecule has 0 unspecified atom stereocenters. The SMILES string of the molecule is Cc1cccc(C2(CNC(C)C)CC3(CCCC3)C2)c1. The molecule has 2 aliphatic rings. The number of rotatable bonds is 4. The maximum Gasteiger partial charge on any atom is 0.00885 e. The van der Waals surface area contributed by atoms with Crippen LogP contribution in [0.2, 0.25) is 0 Å². The predicted octanol–water partition coefficient (Wildman–Crippen LogP) is 4.59. The molecular weight excluding hydrogens is 242 g/mol. The number of hydrogen-bond acceptors (Lipinski definition) is 1. The number of aryl methyl sites for hydroxylation is 1. The molecule has 0 aliphatic heterocycles. The van der Waals surface area contributed by atoms with E-state index in [9.17, 15) is 0 Å². The van der Waals surface area contributed by atoms with Gasteiger partial charge in [0.15, 0.2) is 0 Å². The highest BCUT2D eigenvalue weighted by Crippen LogP contribution is 2.62. The lowest BCUT2D eigenvalue weighted by atomic mass is 9.49. The highest BCUT2D eigenvalue weighted by molar-refractivity contribution is 5.34. The van der Waals surface area contributed by atoms with Crippen molar-refractivity contribution < 1.29 is 0 Å². The summed E-state index contributed by atoms with van der Waals surface area (Å²) in [4.78, 5) is 0. The third kappa shape index (κ3) is 2.53. The molecular formula is C19H29N. The Morgan fingerprint density at radius 3 is 2.45 bits per heavy atom. The second kappa shape index (κ2) is 5.18. The van der Waals surface area contributed by atoms with E-state index in [1.165, 1.54) is 44.1 Å². The average Bonchev–Trinajstić information content (AvgIpc) is 2.83. The Hall–Kier alpha value is -0.820. The van der Waals surface area contributed by atoms with E-state index < -0.39 is 0 Å². The van der Waals surface area contributed by atoms with E-state index >= 15 is 0 Å². The summed E-state index contributed by atoms with van der Waals surface area (Å²) >= 11 is 0. The van der Waals surface area contributed by atoms with Crippen molar-refractivity contribution in [1.82, 2.24) is 5.32 Å². The number of benzene rings is 1. The van der Waals surface area contributed by atoms with Gasteiger partial charge in [-0.1, -0.05) is 56.5 Å². The summed E-state index contributed by atoms with van der Waals surface area (Å²) in [6.07, 6.45) is 8.68. The van der Waals surface area contributed by atoms with Crippen LogP contribution in [-0.2, 0) is 5.41 Å². The van der Waals surface area contributed by atoms with Gasteiger partial charge in [0, 0.05) is 18.0 Å². The molecule has 0 heterocycles. The molecule has 2 aliphatic carbocycles. The fourth-order valence-electron chi connectivity index (χ4n) is 4.67. The Morgan fingerprint density at radius 1 is 1.15 bits per heavy atom. The van der Waals surface area contributed by atoms with Gasteiger partial charge < -0.3 is 5.32 Å². The maximum absolute atomic E-state index is 3.71. The highest BCUT2D eigenvalue weighted by atomic mass is 14.9. The van der Waals surface area contributed by atoms with Gasteiger partial charge in [0.25, 0.3) is 0 Å². The van der Waals surface area contributed by atoms with Gasteiger partial charge in [0.2, 0.25) is 0 Å². The summed E-state index contributed by atoms with van der Waals surface area (Å²) < 4.78 is 0. The summed E-state index contributed by atoms with van der Waals surface area (Å²) in [6.45, 7) is 7.88. The predicted molar refractivity (Wildman–Crippen MR) is 86.1 cm³/mol. The van der Waals surface area contributed by atoms with E-state index in [2.05, 4.69) is 50.4 Å². The lowest BCUT2D eigenvalue weighted by Crippen LogP contribution is -2.54. The molecule has 2 saturated carbocycles. The second-order valence-electron chi connectivity index (χ2n) is 7.75. The number of nitrogens with one attached hydrogen (secondary N) is 1. The minimum Gasteiger partial charge on any atom is -0.314 e. The van der Waals surface area contributed by atoms with Crippen LogP contribution in [0.5, 0.6) is 0 Å². The Bertz CT molecular complexity index is 460. The topological polar surface area (TPSA) is 12.0 Å². The van der Waals surface area contributed by atoms with E-state index in [1.54, 1.807) is 5.56 Å². The average molecular weight is 271 g/mol. The van der Waals surface area contributed by atoms with Crippen LogP contribution in [0.4, 0.5) is 0 Å². The first kappa shape index (κ1) is 14.1. The molecule has 1 spiro atoms. The fourth-order valence-corrected chi connectivity index (χ4v) is 4.67. The molecule has 1 N–H and O–H groups in total. The van der Waals surface area contributed by atoms with Crippen molar-refractivity contribution in [2.75, 3.05) is 6.54 Å². The van der Waals surface area contributed by atoms with Gasteiger partial charge in [-0.3, -0.25) is 0 Å². The van der Waals surface area contributed by atoms with Gasteiger partial charge >= 0.3 is 0 Å². The van der Waals surface area contributed by atoms with Crippen molar-refractivity contribution in [2.45, 2.75) is 70.8 Å². The van der Waals surface area contributed by atoms with Gasteiger partial charge in [-0.05, 0) is 43.6 Å². The van der Waals surface area contributed by atoms with E-state index in [4.69, 9.17) is 0 Å². The Kier molecular flexibility index (Phi) is 3.66. The summed E-state index contributed by atoms with van der Waals surface area (Å²) in [7, 11) is 0. The minimum atomic E-state index is 0.403. The summed E-state index contributed by atoms with van der Waals surface area (Å²) in [5, 5.41) is 3.71. The Balaban J connectivity index is 1.82. The zero-order valence-corrected chi connectivity index (χ0v) is 13.3. The van der Waals surface area contributed by atoms with E-state index in [1.807, 2.05) is 0 Å². The number of hydrogen-bond donors (Lipinski definition) is 1. The molecule has 20 heavy (non-hydrogen) atoms. The van der Waals surface area contributed by atoms with Gasteiger partial charge in [-0.25, -0.2) is 0 Å².